The molecule has 1 aromatic carbocycles. The first-order valence-electron chi connectivity index (χ1n) is 9.27. The van der Waals surface area contributed by atoms with Crippen molar-refractivity contribution >= 4 is 11.0 Å². The molecule has 0 bridgehead atoms. The van der Waals surface area contributed by atoms with E-state index in [4.69, 9.17) is 9.47 Å². The van der Waals surface area contributed by atoms with Crippen molar-refractivity contribution in [2.75, 3.05) is 6.61 Å². The summed E-state index contributed by atoms with van der Waals surface area (Å²) in [4.78, 5) is 8.39. The van der Waals surface area contributed by atoms with Crippen LogP contribution in [0, 0.1) is 6.92 Å². The Morgan fingerprint density at radius 1 is 1.14 bits per heavy atom. The molecule has 2 N–H and O–H groups in total. The first kappa shape index (κ1) is 18.6. The van der Waals surface area contributed by atoms with Gasteiger partial charge in [0.2, 0.25) is 0 Å². The molecule has 0 spiro atoms. The van der Waals surface area contributed by atoms with E-state index in [1.165, 1.54) is 24.5 Å². The first-order chi connectivity index (χ1) is 13.9. The average molecular weight is 403 g/mol. The van der Waals surface area contributed by atoms with Crippen molar-refractivity contribution in [1.82, 2.24) is 14.5 Å². The molecule has 3 aromatic rings. The average Bonchev–Trinajstić information content (AvgIpc) is 3.25. The van der Waals surface area contributed by atoms with Crippen molar-refractivity contribution in [3.63, 3.8) is 0 Å². The van der Waals surface area contributed by atoms with Crippen LogP contribution < -0.4 is 0 Å². The van der Waals surface area contributed by atoms with Gasteiger partial charge in [-0.25, -0.2) is 9.97 Å². The van der Waals surface area contributed by atoms with Crippen LogP contribution in [-0.2, 0) is 15.4 Å². The van der Waals surface area contributed by atoms with Gasteiger partial charge in [-0.15, -0.1) is 0 Å². The topological polar surface area (TPSA) is 89.6 Å². The highest BCUT2D eigenvalue weighted by molar-refractivity contribution is 5.78. The second-order valence-electron chi connectivity index (χ2n) is 7.42. The fourth-order valence-electron chi connectivity index (χ4n) is 4.18. The molecule has 4 heterocycles. The minimum Gasteiger partial charge on any atom is -0.387 e. The highest BCUT2D eigenvalue weighted by atomic mass is 19.3. The summed E-state index contributed by atoms with van der Waals surface area (Å²) in [6.07, 6.45) is -2.41. The zero-order chi connectivity index (χ0) is 20.3. The maximum absolute atomic E-state index is 14.2. The molecule has 1 saturated heterocycles. The Bertz CT molecular complexity index is 1070. The summed E-state index contributed by atoms with van der Waals surface area (Å²) >= 11 is 0. The van der Waals surface area contributed by atoms with Crippen LogP contribution in [0.2, 0.25) is 0 Å². The smallest absolute Gasteiger partial charge is 0.296 e. The summed E-state index contributed by atoms with van der Waals surface area (Å²) in [5.74, 6) is -3.13. The van der Waals surface area contributed by atoms with Gasteiger partial charge in [-0.1, -0.05) is 24.3 Å². The lowest BCUT2D eigenvalue weighted by atomic mass is 9.90. The fraction of sp³-hybridized carbons (Fsp3) is 0.400. The van der Waals surface area contributed by atoms with Crippen LogP contribution >= 0.6 is 0 Å². The van der Waals surface area contributed by atoms with Crippen LogP contribution in [0.4, 0.5) is 8.78 Å². The molecule has 5 rings (SSSR count). The predicted molar refractivity (Wildman–Crippen MR) is 97.2 cm³/mol. The van der Waals surface area contributed by atoms with Crippen molar-refractivity contribution < 1.29 is 28.5 Å². The van der Waals surface area contributed by atoms with Gasteiger partial charge < -0.3 is 24.3 Å². The minimum absolute atomic E-state index is 0.153. The fourth-order valence-corrected chi connectivity index (χ4v) is 4.18. The third-order valence-electron chi connectivity index (χ3n) is 5.66. The quantitative estimate of drug-likeness (QED) is 0.682. The minimum atomic E-state index is -3.13. The molecule has 5 atom stereocenters. The van der Waals surface area contributed by atoms with Crippen molar-refractivity contribution in [2.24, 2.45) is 0 Å². The number of hydrogen-bond acceptors (Lipinski definition) is 6. The molecule has 1 fully saturated rings. The Hall–Kier alpha value is -2.46. The highest BCUT2D eigenvalue weighted by Gasteiger charge is 2.52. The molecule has 0 aliphatic carbocycles. The van der Waals surface area contributed by atoms with Crippen LogP contribution in [0.3, 0.4) is 0 Å². The van der Waals surface area contributed by atoms with Crippen molar-refractivity contribution in [3.8, 4) is 0 Å². The molecule has 7 nitrogen and oxygen atoms in total. The summed E-state index contributed by atoms with van der Waals surface area (Å²) in [5.41, 5.74) is 1.41. The van der Waals surface area contributed by atoms with E-state index in [0.717, 1.165) is 11.1 Å². The van der Waals surface area contributed by atoms with Crippen LogP contribution in [0.15, 0.2) is 42.9 Å². The SMILES string of the molecule is Cc1ncnc2c1ccn2[C@@H]1O[C@H]([C@@H]2OCC(F)(F)c3ccccc32)[C@@H](O)[C@H]1O. The Balaban J connectivity index is 1.51. The summed E-state index contributed by atoms with van der Waals surface area (Å²) in [6.45, 7) is 1.02. The van der Waals surface area contributed by atoms with Gasteiger partial charge in [-0.3, -0.25) is 0 Å². The molecule has 2 aliphatic rings. The molecule has 0 saturated carbocycles. The standard InChI is InChI=1S/C20H19F2N3O4/c1-10-11-6-7-25(18(11)24-9-23-10)19-15(27)14(26)17(29-19)16-12-4-2-3-5-13(12)20(21,22)8-28-16/h2-7,9,14-17,19,26-27H,8H2,1H3/t14-,15+,16+,17-,19+/m0/s1. The van der Waals surface area contributed by atoms with E-state index in [9.17, 15) is 19.0 Å². The number of benzene rings is 1. The normalized spacial score (nSPS) is 31.1. The zero-order valence-electron chi connectivity index (χ0n) is 15.4. The van der Waals surface area contributed by atoms with Gasteiger partial charge in [0.1, 0.15) is 43.0 Å². The highest BCUT2D eigenvalue weighted by Crippen LogP contribution is 2.46. The molecular weight excluding hydrogens is 384 g/mol. The number of aliphatic hydroxyl groups excluding tert-OH is 2. The number of halogens is 2. The molecule has 152 valence electrons. The van der Waals surface area contributed by atoms with Crippen molar-refractivity contribution in [2.45, 2.75) is 43.5 Å². The van der Waals surface area contributed by atoms with Gasteiger partial charge in [0.25, 0.3) is 5.92 Å². The zero-order valence-corrected chi connectivity index (χ0v) is 15.4. The van der Waals surface area contributed by atoms with Crippen LogP contribution in [-0.4, -0.2) is 49.7 Å². The van der Waals surface area contributed by atoms with Crippen LogP contribution in [0.25, 0.3) is 11.0 Å². The summed E-state index contributed by atoms with van der Waals surface area (Å²) in [5, 5.41) is 22.1. The third-order valence-corrected chi connectivity index (χ3v) is 5.66. The van der Waals surface area contributed by atoms with E-state index < -0.39 is 43.2 Å². The number of fused-ring (bicyclic) bond motifs is 2. The second kappa shape index (κ2) is 6.53. The maximum Gasteiger partial charge on any atom is 0.296 e. The number of alkyl halides is 2. The van der Waals surface area contributed by atoms with Crippen molar-refractivity contribution in [3.05, 3.63) is 59.7 Å². The van der Waals surface area contributed by atoms with Gasteiger partial charge in [-0.2, -0.15) is 8.78 Å². The van der Waals surface area contributed by atoms with Gasteiger partial charge in [-0.05, 0) is 18.6 Å². The Labute approximate surface area is 164 Å². The lowest BCUT2D eigenvalue weighted by Gasteiger charge is -2.35. The third kappa shape index (κ3) is 2.77. The molecule has 2 aliphatic heterocycles. The van der Waals surface area contributed by atoms with E-state index >= 15 is 0 Å². The molecule has 29 heavy (non-hydrogen) atoms. The number of hydrogen-bond donors (Lipinski definition) is 2. The summed E-state index contributed by atoms with van der Waals surface area (Å²) in [7, 11) is 0. The second-order valence-corrected chi connectivity index (χ2v) is 7.42. The van der Waals surface area contributed by atoms with Gasteiger partial charge in [0.05, 0.1) is 5.69 Å². The van der Waals surface area contributed by atoms with E-state index in [1.807, 2.05) is 6.92 Å². The number of aromatic nitrogens is 3. The number of aliphatic hydroxyl groups is 2. The molecule has 2 aromatic heterocycles. The predicted octanol–water partition coefficient (Wildman–Crippen LogP) is 2.22. The Kier molecular flexibility index (Phi) is 4.18. The lowest BCUT2D eigenvalue weighted by molar-refractivity contribution is -0.170. The molecule has 9 heteroatoms. The van der Waals surface area contributed by atoms with E-state index in [2.05, 4.69) is 9.97 Å². The maximum atomic E-state index is 14.2. The Morgan fingerprint density at radius 2 is 1.93 bits per heavy atom. The molecule has 0 radical (unpaired) electrons. The summed E-state index contributed by atoms with van der Waals surface area (Å²) in [6, 6.07) is 7.84. The first-order valence-corrected chi connectivity index (χ1v) is 9.27. The molecule has 0 unspecified atom stereocenters. The number of nitrogens with zero attached hydrogens (tertiary/aromatic N) is 3. The summed E-state index contributed by atoms with van der Waals surface area (Å²) < 4.78 is 41.5. The molecular formula is C20H19F2N3O4. The van der Waals surface area contributed by atoms with E-state index in [0.29, 0.717) is 5.65 Å². The van der Waals surface area contributed by atoms with E-state index in [-0.39, 0.29) is 11.1 Å². The lowest BCUT2D eigenvalue weighted by Crippen LogP contribution is -2.40. The van der Waals surface area contributed by atoms with Gasteiger partial charge >= 0.3 is 0 Å². The number of aryl methyl sites for hydroxylation is 1. The Morgan fingerprint density at radius 3 is 2.76 bits per heavy atom. The van der Waals surface area contributed by atoms with Gasteiger partial charge in [0, 0.05) is 17.1 Å². The molecule has 0 amide bonds. The monoisotopic (exact) mass is 403 g/mol. The van der Waals surface area contributed by atoms with Crippen molar-refractivity contribution in [1.29, 1.82) is 0 Å². The van der Waals surface area contributed by atoms with Crippen LogP contribution in [0.1, 0.15) is 29.2 Å². The number of rotatable bonds is 2. The van der Waals surface area contributed by atoms with Crippen LogP contribution in [0.5, 0.6) is 0 Å². The largest absolute Gasteiger partial charge is 0.387 e. The van der Waals surface area contributed by atoms with Gasteiger partial charge in [0.15, 0.2) is 6.23 Å². The van der Waals surface area contributed by atoms with E-state index in [1.54, 1.807) is 22.9 Å². The number of ether oxygens (including phenoxy) is 2.